The number of hydrogen-bond acceptors (Lipinski definition) is 7. The van der Waals surface area contributed by atoms with E-state index in [1.807, 2.05) is 54.6 Å². The third-order valence-electron chi connectivity index (χ3n) is 9.41. The normalized spacial score (nSPS) is 30.7. The highest BCUT2D eigenvalue weighted by molar-refractivity contribution is 5.15. The van der Waals surface area contributed by atoms with Crippen molar-refractivity contribution in [3.63, 3.8) is 0 Å². The third-order valence-corrected chi connectivity index (χ3v) is 9.41. The number of benzene rings is 3. The fraction of sp³-hybridized carbons (Fsp3) is 0.526. The highest BCUT2D eigenvalue weighted by atomic mass is 16.7. The Hall–Kier alpha value is -2.62. The standard InChI is InChI=1S/C38H48O7/c1-38(2)20-30-31(21-38)37(39-3)45-33(30)26-42-35-19-32(41-23-28-15-9-5-10-16-28)36(43-24-29-17-11-6-12-18-29)34(44-35)25-40-22-27-13-7-4-8-14-27/h4-18,30-37H,19-26H2,1-3H3/t30-,31+,32?,33+,34?,35-,36?,37+/m0/s1. The molecule has 0 spiro atoms. The van der Waals surface area contributed by atoms with Gasteiger partial charge < -0.3 is 33.2 Å². The summed E-state index contributed by atoms with van der Waals surface area (Å²) in [7, 11) is 1.74. The van der Waals surface area contributed by atoms with E-state index in [9.17, 15) is 0 Å². The fourth-order valence-electron chi connectivity index (χ4n) is 7.26. The maximum absolute atomic E-state index is 6.63. The summed E-state index contributed by atoms with van der Waals surface area (Å²) in [5.41, 5.74) is 3.60. The molecule has 0 bridgehead atoms. The molecule has 7 heteroatoms. The zero-order chi connectivity index (χ0) is 31.1. The SMILES string of the molecule is CO[C@@H]1O[C@H](CO[C@@H]2CC(OCc3ccccc3)C(OCc3ccccc3)C(COCc3ccccc3)O2)[C@H]2CC(C)(C)C[C@@H]12. The highest BCUT2D eigenvalue weighted by Gasteiger charge is 2.53. The summed E-state index contributed by atoms with van der Waals surface area (Å²) in [6.45, 7) is 6.88. The van der Waals surface area contributed by atoms with Crippen molar-refractivity contribution in [1.29, 1.82) is 0 Å². The summed E-state index contributed by atoms with van der Waals surface area (Å²) >= 11 is 0. The third kappa shape index (κ3) is 8.60. The molecule has 0 aromatic heterocycles. The Morgan fingerprint density at radius 3 is 1.84 bits per heavy atom. The van der Waals surface area contributed by atoms with Crippen LogP contribution < -0.4 is 0 Å². The highest BCUT2D eigenvalue weighted by Crippen LogP contribution is 2.53. The van der Waals surface area contributed by atoms with Gasteiger partial charge >= 0.3 is 0 Å². The lowest BCUT2D eigenvalue weighted by molar-refractivity contribution is -0.284. The van der Waals surface area contributed by atoms with Gasteiger partial charge in [-0.2, -0.15) is 0 Å². The summed E-state index contributed by atoms with van der Waals surface area (Å²) in [4.78, 5) is 0. The second kappa shape index (κ2) is 15.3. The minimum absolute atomic E-state index is 0.0335. The number of rotatable bonds is 14. The summed E-state index contributed by atoms with van der Waals surface area (Å²) in [6.07, 6.45) is 1.06. The second-order valence-electron chi connectivity index (χ2n) is 13.4. The molecule has 0 amide bonds. The van der Waals surface area contributed by atoms with Crippen LogP contribution in [0.15, 0.2) is 91.0 Å². The molecule has 2 saturated heterocycles. The number of fused-ring (bicyclic) bond motifs is 1. The molecule has 242 valence electrons. The van der Waals surface area contributed by atoms with Gasteiger partial charge in [0.05, 0.1) is 45.2 Å². The average molecular weight is 617 g/mol. The molecule has 3 fully saturated rings. The first-order valence-corrected chi connectivity index (χ1v) is 16.4. The van der Waals surface area contributed by atoms with Gasteiger partial charge in [0.1, 0.15) is 12.2 Å². The Morgan fingerprint density at radius 1 is 0.644 bits per heavy atom. The van der Waals surface area contributed by atoms with E-state index in [4.69, 9.17) is 33.2 Å². The lowest BCUT2D eigenvalue weighted by atomic mass is 9.89. The maximum atomic E-state index is 6.63. The molecule has 1 aliphatic carbocycles. The lowest BCUT2D eigenvalue weighted by Crippen LogP contribution is -2.53. The topological polar surface area (TPSA) is 64.6 Å². The molecule has 7 nitrogen and oxygen atoms in total. The van der Waals surface area contributed by atoms with Crippen LogP contribution >= 0.6 is 0 Å². The average Bonchev–Trinajstić information content (AvgIpc) is 3.55. The molecular weight excluding hydrogens is 568 g/mol. The largest absolute Gasteiger partial charge is 0.374 e. The first-order chi connectivity index (χ1) is 22.0. The van der Waals surface area contributed by atoms with Crippen LogP contribution in [0.3, 0.4) is 0 Å². The number of hydrogen-bond donors (Lipinski definition) is 0. The molecule has 1 saturated carbocycles. The van der Waals surface area contributed by atoms with Crippen LogP contribution in [0.1, 0.15) is 49.8 Å². The Labute approximate surface area is 268 Å². The Kier molecular flexibility index (Phi) is 11.0. The van der Waals surface area contributed by atoms with Crippen molar-refractivity contribution in [1.82, 2.24) is 0 Å². The van der Waals surface area contributed by atoms with Crippen LogP contribution in [0, 0.1) is 17.3 Å². The second-order valence-corrected chi connectivity index (χ2v) is 13.4. The minimum Gasteiger partial charge on any atom is -0.374 e. The molecule has 2 heterocycles. The van der Waals surface area contributed by atoms with Crippen LogP contribution in [0.5, 0.6) is 0 Å². The van der Waals surface area contributed by atoms with Crippen LogP contribution in [0.25, 0.3) is 0 Å². The van der Waals surface area contributed by atoms with E-state index in [-0.39, 0.29) is 36.1 Å². The quantitative estimate of drug-likeness (QED) is 0.195. The van der Waals surface area contributed by atoms with Crippen molar-refractivity contribution < 1.29 is 33.2 Å². The van der Waals surface area contributed by atoms with Gasteiger partial charge in [0.15, 0.2) is 12.6 Å². The summed E-state index contributed by atoms with van der Waals surface area (Å²) < 4.78 is 44.7. The fourth-order valence-corrected chi connectivity index (χ4v) is 7.26. The smallest absolute Gasteiger partial charge is 0.160 e. The summed E-state index contributed by atoms with van der Waals surface area (Å²) in [5.74, 6) is 0.799. The molecular formula is C38H48O7. The maximum Gasteiger partial charge on any atom is 0.160 e. The van der Waals surface area contributed by atoms with E-state index < -0.39 is 6.29 Å². The van der Waals surface area contributed by atoms with Gasteiger partial charge in [-0.25, -0.2) is 0 Å². The van der Waals surface area contributed by atoms with Gasteiger partial charge in [0, 0.05) is 19.4 Å². The Morgan fingerprint density at radius 2 is 1.22 bits per heavy atom. The Bertz CT molecular complexity index is 1290. The van der Waals surface area contributed by atoms with Gasteiger partial charge in [0.2, 0.25) is 0 Å². The van der Waals surface area contributed by atoms with E-state index in [2.05, 4.69) is 50.2 Å². The molecule has 0 N–H and O–H groups in total. The molecule has 0 radical (unpaired) electrons. The van der Waals surface area contributed by atoms with Gasteiger partial charge in [-0.1, -0.05) is 105 Å². The summed E-state index contributed by atoms with van der Waals surface area (Å²) in [5, 5.41) is 0. The zero-order valence-electron chi connectivity index (χ0n) is 26.8. The van der Waals surface area contributed by atoms with Crippen molar-refractivity contribution in [2.24, 2.45) is 17.3 Å². The molecule has 3 aromatic rings. The first kappa shape index (κ1) is 32.3. The Balaban J connectivity index is 1.16. The van der Waals surface area contributed by atoms with Gasteiger partial charge in [0.25, 0.3) is 0 Å². The van der Waals surface area contributed by atoms with Gasteiger partial charge in [-0.3, -0.25) is 0 Å². The van der Waals surface area contributed by atoms with Crippen molar-refractivity contribution in [2.45, 2.75) is 89.9 Å². The lowest BCUT2D eigenvalue weighted by Gasteiger charge is -2.41. The minimum atomic E-state index is -0.481. The first-order valence-electron chi connectivity index (χ1n) is 16.4. The molecule has 3 aliphatic rings. The molecule has 6 rings (SSSR count). The molecule has 45 heavy (non-hydrogen) atoms. The predicted molar refractivity (Wildman–Crippen MR) is 171 cm³/mol. The monoisotopic (exact) mass is 616 g/mol. The van der Waals surface area contributed by atoms with E-state index >= 15 is 0 Å². The zero-order valence-corrected chi connectivity index (χ0v) is 26.8. The van der Waals surface area contributed by atoms with E-state index in [1.54, 1.807) is 7.11 Å². The molecule has 3 aromatic carbocycles. The van der Waals surface area contributed by atoms with Crippen molar-refractivity contribution in [3.05, 3.63) is 108 Å². The van der Waals surface area contributed by atoms with Crippen molar-refractivity contribution in [3.8, 4) is 0 Å². The van der Waals surface area contributed by atoms with Crippen LogP contribution in [-0.2, 0) is 53.0 Å². The van der Waals surface area contributed by atoms with E-state index in [0.29, 0.717) is 51.3 Å². The van der Waals surface area contributed by atoms with Crippen molar-refractivity contribution in [2.75, 3.05) is 20.3 Å². The molecule has 3 unspecified atom stereocenters. The molecule has 2 aliphatic heterocycles. The predicted octanol–water partition coefficient (Wildman–Crippen LogP) is 6.93. The van der Waals surface area contributed by atoms with Crippen LogP contribution in [0.2, 0.25) is 0 Å². The van der Waals surface area contributed by atoms with Crippen LogP contribution in [-0.4, -0.2) is 57.3 Å². The van der Waals surface area contributed by atoms with Gasteiger partial charge in [-0.05, 0) is 40.9 Å². The molecule has 8 atom stereocenters. The van der Waals surface area contributed by atoms with E-state index in [1.165, 1.54) is 0 Å². The number of methoxy groups -OCH3 is 1. The van der Waals surface area contributed by atoms with Crippen LogP contribution in [0.4, 0.5) is 0 Å². The summed E-state index contributed by atoms with van der Waals surface area (Å²) in [6, 6.07) is 30.6. The van der Waals surface area contributed by atoms with E-state index in [0.717, 1.165) is 29.5 Å². The van der Waals surface area contributed by atoms with Gasteiger partial charge in [-0.15, -0.1) is 0 Å². The van der Waals surface area contributed by atoms with Crippen molar-refractivity contribution >= 4 is 0 Å². The number of ether oxygens (including phenoxy) is 7.